The lowest BCUT2D eigenvalue weighted by molar-refractivity contribution is -0.141. The smallest absolute Gasteiger partial charge is 0.408 e. The van der Waals surface area contributed by atoms with Gasteiger partial charge < -0.3 is 19.9 Å². The number of piperazine rings is 1. The Labute approximate surface area is 232 Å². The molecular weight excluding hydrogens is 514 g/mol. The first-order valence-corrected chi connectivity index (χ1v) is 13.7. The van der Waals surface area contributed by atoms with E-state index < -0.39 is 23.8 Å². The highest BCUT2D eigenvalue weighted by atomic mass is 16.6. The summed E-state index contributed by atoms with van der Waals surface area (Å²) in [5.74, 6) is 0.188. The first kappa shape index (κ1) is 27.5. The number of likely N-dealkylation sites (tertiary alicyclic amines) is 3. The molecule has 4 heterocycles. The number of nitriles is 1. The minimum Gasteiger partial charge on any atom is -0.444 e. The molecule has 5 rings (SSSR count). The van der Waals surface area contributed by atoms with Crippen molar-refractivity contribution in [2.45, 2.75) is 82.8 Å². The topological polar surface area (TPSA) is 160 Å². The Balaban J connectivity index is 1.27. The van der Waals surface area contributed by atoms with Gasteiger partial charge >= 0.3 is 6.09 Å². The molecule has 3 aliphatic heterocycles. The van der Waals surface area contributed by atoms with E-state index in [1.54, 1.807) is 20.8 Å². The predicted molar refractivity (Wildman–Crippen MR) is 142 cm³/mol. The van der Waals surface area contributed by atoms with Crippen LogP contribution >= 0.6 is 0 Å². The van der Waals surface area contributed by atoms with Crippen molar-refractivity contribution >= 4 is 17.9 Å². The lowest BCUT2D eigenvalue weighted by atomic mass is 10.0. The molecule has 40 heavy (non-hydrogen) atoms. The van der Waals surface area contributed by atoms with E-state index in [2.05, 4.69) is 32.0 Å². The highest BCUT2D eigenvalue weighted by Gasteiger charge is 2.52. The molecule has 1 aromatic heterocycles. The zero-order valence-electron chi connectivity index (χ0n) is 23.2. The second-order valence-electron chi connectivity index (χ2n) is 11.7. The summed E-state index contributed by atoms with van der Waals surface area (Å²) in [5.41, 5.74) is 1.09. The quantitative estimate of drug-likeness (QED) is 0.523. The molecule has 2 aromatic rings. The maximum absolute atomic E-state index is 13.6. The fourth-order valence-electron chi connectivity index (χ4n) is 5.99. The second kappa shape index (κ2) is 10.8. The van der Waals surface area contributed by atoms with Crippen molar-refractivity contribution in [3.8, 4) is 17.5 Å². The number of carbonyl (C=O) groups is 3. The van der Waals surface area contributed by atoms with Crippen LogP contribution in [0.5, 0.6) is 0 Å². The van der Waals surface area contributed by atoms with Crippen LogP contribution in [-0.4, -0.2) is 103 Å². The summed E-state index contributed by atoms with van der Waals surface area (Å²) in [7, 11) is 0. The molecule has 2 N–H and O–H groups in total. The van der Waals surface area contributed by atoms with Gasteiger partial charge in [-0.25, -0.2) is 4.79 Å². The van der Waals surface area contributed by atoms with E-state index in [9.17, 15) is 19.6 Å². The zero-order chi connectivity index (χ0) is 28.6. The van der Waals surface area contributed by atoms with Crippen molar-refractivity contribution < 1.29 is 19.1 Å². The van der Waals surface area contributed by atoms with Crippen molar-refractivity contribution in [3.05, 3.63) is 29.8 Å². The number of H-pyrrole nitrogens is 1. The van der Waals surface area contributed by atoms with Crippen LogP contribution in [0, 0.1) is 11.3 Å². The molecule has 2 bridgehead atoms. The molecule has 5 atom stereocenters. The van der Waals surface area contributed by atoms with Crippen molar-refractivity contribution in [3.63, 3.8) is 0 Å². The van der Waals surface area contributed by atoms with Crippen LogP contribution < -0.4 is 5.32 Å². The van der Waals surface area contributed by atoms with Gasteiger partial charge in [-0.2, -0.15) is 10.5 Å². The molecular formula is C27H35N9O4. The Morgan fingerprint density at radius 3 is 2.65 bits per heavy atom. The Kier molecular flexibility index (Phi) is 7.46. The third-order valence-corrected chi connectivity index (χ3v) is 7.82. The average Bonchev–Trinajstić information content (AvgIpc) is 3.71. The highest BCUT2D eigenvalue weighted by Crippen LogP contribution is 2.38. The SMILES string of the molecule is C[C@@H](c1ccc(-c2nn[nH]n2)cc1)N1C(=O)[C@H]2C[C@@H]1CN2C[C@H](NC(=O)OC(C)(C)C)C(=O)N1CCC[C@H]1C#N. The fourth-order valence-corrected chi connectivity index (χ4v) is 5.99. The van der Waals surface area contributed by atoms with Crippen LogP contribution in [-0.2, 0) is 14.3 Å². The second-order valence-corrected chi connectivity index (χ2v) is 11.7. The molecule has 3 fully saturated rings. The number of carbonyl (C=O) groups excluding carboxylic acids is 3. The summed E-state index contributed by atoms with van der Waals surface area (Å²) in [6.07, 6.45) is 1.30. The normalized spacial score (nSPS) is 24.2. The van der Waals surface area contributed by atoms with Gasteiger partial charge in [0.1, 0.15) is 17.7 Å². The van der Waals surface area contributed by atoms with E-state index in [0.717, 1.165) is 17.5 Å². The summed E-state index contributed by atoms with van der Waals surface area (Å²) in [5, 5.41) is 26.3. The molecule has 0 aliphatic carbocycles. The van der Waals surface area contributed by atoms with Gasteiger partial charge in [0.2, 0.25) is 17.6 Å². The Morgan fingerprint density at radius 1 is 1.27 bits per heavy atom. The molecule has 0 unspecified atom stereocenters. The fraction of sp³-hybridized carbons (Fsp3) is 0.593. The number of tetrazole rings is 1. The number of aromatic amines is 1. The highest BCUT2D eigenvalue weighted by molar-refractivity contribution is 5.88. The summed E-state index contributed by atoms with van der Waals surface area (Å²) in [6, 6.07) is 7.96. The lowest BCUT2D eigenvalue weighted by Crippen LogP contribution is -2.59. The Hall–Kier alpha value is -4.05. The number of alkyl carbamates (subject to hydrolysis) is 1. The number of nitrogens with zero attached hydrogens (tertiary/aromatic N) is 7. The number of benzene rings is 1. The first-order valence-electron chi connectivity index (χ1n) is 13.7. The molecule has 0 spiro atoms. The van der Waals surface area contributed by atoms with E-state index in [0.29, 0.717) is 31.8 Å². The van der Waals surface area contributed by atoms with Gasteiger partial charge in [0.15, 0.2) is 0 Å². The lowest BCUT2D eigenvalue weighted by Gasteiger charge is -2.39. The van der Waals surface area contributed by atoms with Crippen LogP contribution in [0.15, 0.2) is 24.3 Å². The molecule has 3 saturated heterocycles. The van der Waals surface area contributed by atoms with Crippen LogP contribution in [0.1, 0.15) is 58.6 Å². The van der Waals surface area contributed by atoms with Crippen LogP contribution in [0.25, 0.3) is 11.4 Å². The van der Waals surface area contributed by atoms with Crippen LogP contribution in [0.2, 0.25) is 0 Å². The number of aromatic nitrogens is 4. The van der Waals surface area contributed by atoms with E-state index in [-0.39, 0.29) is 36.5 Å². The maximum atomic E-state index is 13.6. The number of hydrogen-bond donors (Lipinski definition) is 2. The van der Waals surface area contributed by atoms with Gasteiger partial charge in [0, 0.05) is 31.2 Å². The van der Waals surface area contributed by atoms with Crippen LogP contribution in [0.3, 0.4) is 0 Å². The van der Waals surface area contributed by atoms with E-state index in [1.807, 2.05) is 41.0 Å². The summed E-state index contributed by atoms with van der Waals surface area (Å²) >= 11 is 0. The standard InChI is InChI=1S/C27H35N9O4/c1-16(17-7-9-18(10-8-17)23-30-32-33-31-23)36-20-12-22(25(36)38)34(14-20)15-21(29-26(39)40-27(2,3)4)24(37)35-11-5-6-19(35)13-28/h7-10,16,19-22H,5-6,11-12,14-15H2,1-4H3,(H,29,39)(H,30,31,32,33)/t16-,19-,20+,21-,22+/m0/s1. The predicted octanol–water partition coefficient (Wildman–Crippen LogP) is 1.62. The third kappa shape index (κ3) is 5.49. The number of fused-ring (bicyclic) bond motifs is 2. The van der Waals surface area contributed by atoms with Gasteiger partial charge in [-0.15, -0.1) is 10.2 Å². The molecule has 13 heteroatoms. The van der Waals surface area contributed by atoms with Gasteiger partial charge in [0.05, 0.1) is 18.2 Å². The average molecular weight is 550 g/mol. The molecule has 3 amide bonds. The number of rotatable bonds is 7. The van der Waals surface area contributed by atoms with Gasteiger partial charge in [0.25, 0.3) is 0 Å². The molecule has 212 valence electrons. The molecule has 0 radical (unpaired) electrons. The Bertz CT molecular complexity index is 1280. The molecule has 0 saturated carbocycles. The summed E-state index contributed by atoms with van der Waals surface area (Å²) < 4.78 is 5.42. The largest absolute Gasteiger partial charge is 0.444 e. The zero-order valence-corrected chi connectivity index (χ0v) is 23.2. The van der Waals surface area contributed by atoms with Crippen molar-refractivity contribution in [2.75, 3.05) is 19.6 Å². The number of hydrogen-bond acceptors (Lipinski definition) is 9. The first-order chi connectivity index (χ1) is 19.1. The number of amides is 3. The van der Waals surface area contributed by atoms with Crippen molar-refractivity contribution in [1.82, 2.24) is 40.6 Å². The summed E-state index contributed by atoms with van der Waals surface area (Å²) in [4.78, 5) is 45.2. The van der Waals surface area contributed by atoms with Gasteiger partial charge in [-0.3, -0.25) is 14.5 Å². The van der Waals surface area contributed by atoms with Crippen molar-refractivity contribution in [2.24, 2.45) is 0 Å². The minimum atomic E-state index is -0.931. The maximum Gasteiger partial charge on any atom is 0.408 e. The van der Waals surface area contributed by atoms with Gasteiger partial charge in [-0.05, 0) is 57.7 Å². The number of ether oxygens (including phenoxy) is 1. The minimum absolute atomic E-state index is 0.00513. The molecule has 13 nitrogen and oxygen atoms in total. The van der Waals surface area contributed by atoms with Gasteiger partial charge in [-0.1, -0.05) is 24.3 Å². The molecule has 3 aliphatic rings. The van der Waals surface area contributed by atoms with E-state index in [4.69, 9.17) is 4.74 Å². The summed E-state index contributed by atoms with van der Waals surface area (Å²) in [6.45, 7) is 8.49. The Morgan fingerprint density at radius 2 is 2.02 bits per heavy atom. The monoisotopic (exact) mass is 549 g/mol. The van der Waals surface area contributed by atoms with E-state index >= 15 is 0 Å². The van der Waals surface area contributed by atoms with Crippen LogP contribution in [0.4, 0.5) is 4.79 Å². The van der Waals surface area contributed by atoms with E-state index in [1.165, 1.54) is 4.90 Å². The number of nitrogens with one attached hydrogen (secondary N) is 2. The third-order valence-electron chi connectivity index (χ3n) is 7.82. The molecule has 1 aromatic carbocycles. The van der Waals surface area contributed by atoms with Crippen molar-refractivity contribution in [1.29, 1.82) is 5.26 Å².